The van der Waals surface area contributed by atoms with Crippen LogP contribution in [-0.4, -0.2) is 74.2 Å². The zero-order valence-electron chi connectivity index (χ0n) is 28.8. The molecule has 0 unspecified atom stereocenters. The Morgan fingerprint density at radius 1 is 0.667 bits per heavy atom. The second-order valence-corrected chi connectivity index (χ2v) is 9.65. The predicted octanol–water partition coefficient (Wildman–Crippen LogP) is -19.2. The van der Waals surface area contributed by atoms with Gasteiger partial charge in [-0.3, -0.25) is 0 Å². The molecular formula is C29H22K5N3O14. The number of carbonyl (C=O) groups excluding carboxylic acids is 5. The second kappa shape index (κ2) is 26.8. The van der Waals surface area contributed by atoms with E-state index in [9.17, 15) is 49.5 Å². The molecule has 0 amide bonds. The molecule has 0 radical (unpaired) electrons. The Kier molecular flexibility index (Phi) is 28.9. The van der Waals surface area contributed by atoms with E-state index in [0.29, 0.717) is 10.9 Å². The van der Waals surface area contributed by atoms with Crippen LogP contribution in [0.25, 0.3) is 22.6 Å². The molecule has 0 N–H and O–H groups in total. The predicted molar refractivity (Wildman–Crippen MR) is 143 cm³/mol. The molecule has 0 aliphatic carbocycles. The van der Waals surface area contributed by atoms with Crippen LogP contribution in [0.2, 0.25) is 0 Å². The molecule has 2 aromatic carbocycles. The van der Waals surface area contributed by atoms with E-state index >= 15 is 0 Å². The summed E-state index contributed by atoms with van der Waals surface area (Å²) in [4.78, 5) is 62.1. The van der Waals surface area contributed by atoms with Crippen molar-refractivity contribution >= 4 is 52.2 Å². The van der Waals surface area contributed by atoms with Crippen molar-refractivity contribution in [2.24, 2.45) is 0 Å². The number of aliphatic carboxylic acids is 4. The van der Waals surface area contributed by atoms with E-state index in [-0.39, 0.29) is 310 Å². The molecule has 0 fully saturated rings. The number of furan rings is 1. The molecule has 0 saturated heterocycles. The van der Waals surface area contributed by atoms with Crippen LogP contribution in [0.5, 0.6) is 11.5 Å². The molecule has 2 heterocycles. The third-order valence-electron chi connectivity index (χ3n) is 6.19. The van der Waals surface area contributed by atoms with E-state index < -0.39 is 61.8 Å². The molecule has 0 saturated carbocycles. The van der Waals surface area contributed by atoms with Crippen LogP contribution in [0, 0.1) is 6.92 Å². The number of hydrogen-bond donors (Lipinski definition) is 0. The molecule has 4 rings (SSSR count). The van der Waals surface area contributed by atoms with Gasteiger partial charge in [0.25, 0.3) is 5.89 Å². The zero-order valence-corrected chi connectivity index (χ0v) is 44.5. The summed E-state index contributed by atoms with van der Waals surface area (Å²) < 4.78 is 22.4. The normalized spacial score (nSPS) is 9.75. The first-order chi connectivity index (χ1) is 21.8. The van der Waals surface area contributed by atoms with Gasteiger partial charge < -0.3 is 77.6 Å². The minimum atomic E-state index is -1.61. The number of ether oxygens (including phenoxy) is 2. The van der Waals surface area contributed by atoms with Gasteiger partial charge in [0.1, 0.15) is 36.3 Å². The number of anilines is 2. The topological polar surface area (TPSA) is 265 Å². The Morgan fingerprint density at radius 2 is 1.16 bits per heavy atom. The van der Waals surface area contributed by atoms with Crippen LogP contribution < -0.4 is 302 Å². The third-order valence-corrected chi connectivity index (χ3v) is 6.19. The number of aromatic carboxylic acids is 1. The maximum absolute atomic E-state index is 11.4. The van der Waals surface area contributed by atoms with Crippen molar-refractivity contribution in [3.8, 4) is 23.1 Å². The number of fused-ring (bicyclic) bond motifs is 1. The van der Waals surface area contributed by atoms with Gasteiger partial charge in [-0.15, -0.1) is 0 Å². The fraction of sp³-hybridized carbons (Fsp3) is 0.241. The number of carboxylic acid groups (broad SMARTS) is 5. The number of carboxylic acids is 5. The van der Waals surface area contributed by atoms with Crippen LogP contribution in [0.4, 0.5) is 11.4 Å². The first-order valence-corrected chi connectivity index (χ1v) is 13.2. The number of hydrogen-bond acceptors (Lipinski definition) is 17. The van der Waals surface area contributed by atoms with Gasteiger partial charge in [-0.25, -0.2) is 4.98 Å². The molecule has 22 heteroatoms. The Labute approximate surface area is 503 Å². The number of oxazole rings is 1. The average molecular weight is 832 g/mol. The van der Waals surface area contributed by atoms with E-state index in [0.717, 1.165) is 16.0 Å². The van der Waals surface area contributed by atoms with E-state index in [1.807, 2.05) is 0 Å². The summed E-state index contributed by atoms with van der Waals surface area (Å²) in [6, 6.07) is 8.65. The van der Waals surface area contributed by atoms with Gasteiger partial charge in [0.2, 0.25) is 0 Å². The standard InChI is InChI=1S/C29H27N3O14.5K/c1-15-2-3-17(31(11-24(33)34)12-25(35)36)20(6-15)43-4-5-44-21-9-19-16(7-18(21)32(13-26(37)38)14-27(39)40)8-22(45-19)28-30-10-23(46-28)29(41)42;;;;;/h2-3,6-10H,4-5,11-14H2,1H3,(H,33,34)(H,35,36)(H,37,38)(H,39,40)(H,41,42);;;;;/q;5*+1/p-5. The largest absolute Gasteiger partial charge is 1.00 e. The van der Waals surface area contributed by atoms with E-state index in [1.165, 1.54) is 30.3 Å². The number of carbonyl (C=O) groups is 5. The molecule has 0 aliphatic rings. The van der Waals surface area contributed by atoms with Crippen molar-refractivity contribution in [1.29, 1.82) is 0 Å². The summed E-state index contributed by atoms with van der Waals surface area (Å²) in [5.41, 5.74) is 0.917. The van der Waals surface area contributed by atoms with Crippen LogP contribution in [0.3, 0.4) is 0 Å². The van der Waals surface area contributed by atoms with Crippen molar-refractivity contribution in [3.05, 3.63) is 53.9 Å². The summed E-state index contributed by atoms with van der Waals surface area (Å²) in [5, 5.41) is 56.7. The number of aryl methyl sites for hydroxylation is 1. The van der Waals surface area contributed by atoms with Crippen LogP contribution >= 0.6 is 0 Å². The van der Waals surface area contributed by atoms with E-state index in [1.54, 1.807) is 13.0 Å². The summed E-state index contributed by atoms with van der Waals surface area (Å²) in [6.07, 6.45) is 0.912. The summed E-state index contributed by atoms with van der Waals surface area (Å²) in [5.74, 6) is -8.67. The number of rotatable bonds is 17. The van der Waals surface area contributed by atoms with Gasteiger partial charge in [0.15, 0.2) is 11.5 Å². The van der Waals surface area contributed by atoms with Gasteiger partial charge in [0.05, 0.1) is 67.6 Å². The smallest absolute Gasteiger partial charge is 0.548 e. The Hall–Kier alpha value is 1.92. The van der Waals surface area contributed by atoms with Crippen molar-refractivity contribution in [1.82, 2.24) is 4.98 Å². The molecular weight excluding hydrogens is 810 g/mol. The molecule has 0 spiro atoms. The van der Waals surface area contributed by atoms with Gasteiger partial charge in [-0.05, 0) is 36.8 Å². The summed E-state index contributed by atoms with van der Waals surface area (Å²) >= 11 is 0. The molecule has 17 nitrogen and oxygen atoms in total. The Bertz CT molecular complexity index is 1780. The quantitative estimate of drug-likeness (QED) is 0.0706. The summed E-state index contributed by atoms with van der Waals surface area (Å²) in [7, 11) is 0. The maximum Gasteiger partial charge on any atom is 1.00 e. The average Bonchev–Trinajstić information content (AvgIpc) is 3.61. The van der Waals surface area contributed by atoms with Gasteiger partial charge in [-0.1, -0.05) is 6.07 Å². The molecule has 242 valence electrons. The molecule has 0 aliphatic heterocycles. The third kappa shape index (κ3) is 17.1. The monoisotopic (exact) mass is 831 g/mol. The zero-order chi connectivity index (χ0) is 33.5. The van der Waals surface area contributed by atoms with Crippen LogP contribution in [0.1, 0.15) is 16.1 Å². The number of aromatic nitrogens is 1. The van der Waals surface area contributed by atoms with Crippen molar-refractivity contribution in [2.75, 3.05) is 49.2 Å². The number of benzene rings is 2. The van der Waals surface area contributed by atoms with Crippen molar-refractivity contribution in [3.63, 3.8) is 0 Å². The minimum absolute atomic E-state index is 0. The first kappa shape index (κ1) is 55.0. The Morgan fingerprint density at radius 3 is 1.63 bits per heavy atom. The minimum Gasteiger partial charge on any atom is -0.548 e. The van der Waals surface area contributed by atoms with Gasteiger partial charge in [-0.2, -0.15) is 0 Å². The fourth-order valence-corrected chi connectivity index (χ4v) is 4.38. The van der Waals surface area contributed by atoms with Crippen LogP contribution in [0.15, 0.2) is 51.4 Å². The molecule has 0 bridgehead atoms. The summed E-state index contributed by atoms with van der Waals surface area (Å²) in [6.45, 7) is -2.03. The fourth-order valence-electron chi connectivity index (χ4n) is 4.38. The molecule has 4 aromatic rings. The SMILES string of the molecule is Cc1ccc(N(CC(=O)[O-])CC(=O)[O-])c(OCCOc2cc3oc(-c4ncc(C(=O)[O-])o4)cc3cc2N(CC(=O)[O-])CC(=O)[O-])c1.[K+].[K+].[K+].[K+].[K+]. The van der Waals surface area contributed by atoms with Crippen molar-refractivity contribution < 1.29 is 325 Å². The van der Waals surface area contributed by atoms with E-state index in [4.69, 9.17) is 18.3 Å². The molecule has 51 heavy (non-hydrogen) atoms. The van der Waals surface area contributed by atoms with Crippen molar-refractivity contribution in [2.45, 2.75) is 6.92 Å². The molecule has 0 atom stereocenters. The second-order valence-electron chi connectivity index (χ2n) is 9.65. The van der Waals surface area contributed by atoms with Gasteiger partial charge >= 0.3 is 257 Å². The van der Waals surface area contributed by atoms with Gasteiger partial charge in [0, 0.05) is 11.5 Å². The number of nitrogens with zero attached hydrogens (tertiary/aromatic N) is 3. The Balaban J connectivity index is 0. The molecule has 2 aromatic heterocycles. The van der Waals surface area contributed by atoms with Crippen LogP contribution in [-0.2, 0) is 19.2 Å². The first-order valence-electron chi connectivity index (χ1n) is 13.2. The van der Waals surface area contributed by atoms with E-state index in [2.05, 4.69) is 4.98 Å². The maximum atomic E-state index is 11.4.